The van der Waals surface area contributed by atoms with Crippen LogP contribution in [0.5, 0.6) is 5.75 Å². The molecule has 0 bridgehead atoms. The standard InChI is InChI=1S/C25H22BN3O3/c1-25(2,3)18-11-8-16(9-12-18)24(31)32-22-7-5-4-6-20(22)23(30)28-19-13-10-17-15-27-29(26)21(17)14-19/h4-15H,1-3H3,(H,28,30). The summed E-state index contributed by atoms with van der Waals surface area (Å²) >= 11 is 0. The number of carbonyl (C=O) groups excluding carboxylic acids is 2. The monoisotopic (exact) mass is 423 g/mol. The molecule has 0 saturated carbocycles. The van der Waals surface area contributed by atoms with Gasteiger partial charge < -0.3 is 14.6 Å². The van der Waals surface area contributed by atoms with Gasteiger partial charge in [0.1, 0.15) is 5.75 Å². The maximum Gasteiger partial charge on any atom is 0.343 e. The van der Waals surface area contributed by atoms with E-state index in [4.69, 9.17) is 12.7 Å². The Morgan fingerprint density at radius 3 is 2.44 bits per heavy atom. The van der Waals surface area contributed by atoms with Crippen LogP contribution in [-0.4, -0.2) is 29.5 Å². The first-order chi connectivity index (χ1) is 15.2. The molecule has 7 heteroatoms. The molecule has 2 radical (unpaired) electrons. The highest BCUT2D eigenvalue weighted by Gasteiger charge is 2.18. The zero-order valence-electron chi connectivity index (χ0n) is 18.1. The Labute approximate surface area is 187 Å². The van der Waals surface area contributed by atoms with Crippen LogP contribution in [0.1, 0.15) is 47.1 Å². The van der Waals surface area contributed by atoms with Crippen LogP contribution in [0.15, 0.2) is 72.9 Å². The van der Waals surface area contributed by atoms with E-state index in [-0.39, 0.29) is 16.7 Å². The molecule has 4 rings (SSSR count). The number of aromatic nitrogens is 2. The Bertz CT molecular complexity index is 1300. The molecule has 32 heavy (non-hydrogen) atoms. The van der Waals surface area contributed by atoms with Gasteiger partial charge >= 0.3 is 5.97 Å². The molecule has 0 aliphatic heterocycles. The summed E-state index contributed by atoms with van der Waals surface area (Å²) in [6, 6.07) is 19.2. The summed E-state index contributed by atoms with van der Waals surface area (Å²) in [5.41, 5.74) is 2.99. The number of anilines is 1. The molecule has 0 aliphatic rings. The lowest BCUT2D eigenvalue weighted by Crippen LogP contribution is -2.16. The van der Waals surface area contributed by atoms with E-state index in [0.717, 1.165) is 10.9 Å². The molecule has 0 unspecified atom stereocenters. The topological polar surface area (TPSA) is 73.2 Å². The van der Waals surface area contributed by atoms with Gasteiger partial charge in [0.05, 0.1) is 22.8 Å². The van der Waals surface area contributed by atoms with Crippen LogP contribution in [0.25, 0.3) is 10.9 Å². The maximum atomic E-state index is 12.9. The Balaban J connectivity index is 1.53. The van der Waals surface area contributed by atoms with E-state index in [0.29, 0.717) is 16.8 Å². The van der Waals surface area contributed by atoms with Crippen LogP contribution in [-0.2, 0) is 5.41 Å². The first-order valence-corrected chi connectivity index (χ1v) is 10.2. The van der Waals surface area contributed by atoms with E-state index in [2.05, 4.69) is 31.2 Å². The molecule has 0 fully saturated rings. The molecular weight excluding hydrogens is 401 g/mol. The summed E-state index contributed by atoms with van der Waals surface area (Å²) in [7, 11) is 5.79. The highest BCUT2D eigenvalue weighted by molar-refractivity contribution is 6.11. The summed E-state index contributed by atoms with van der Waals surface area (Å²) in [5.74, 6) is -0.752. The molecule has 1 heterocycles. The molecule has 0 aliphatic carbocycles. The van der Waals surface area contributed by atoms with Gasteiger partial charge in [-0.25, -0.2) is 4.79 Å². The molecule has 0 spiro atoms. The number of hydrogen-bond acceptors (Lipinski definition) is 4. The summed E-state index contributed by atoms with van der Waals surface area (Å²) in [6.07, 6.45) is 1.64. The number of rotatable bonds is 4. The van der Waals surface area contributed by atoms with Crippen molar-refractivity contribution >= 4 is 36.4 Å². The Morgan fingerprint density at radius 2 is 1.72 bits per heavy atom. The third kappa shape index (κ3) is 4.42. The zero-order valence-corrected chi connectivity index (χ0v) is 18.1. The zero-order chi connectivity index (χ0) is 22.9. The van der Waals surface area contributed by atoms with Crippen LogP contribution in [0.2, 0.25) is 0 Å². The normalized spacial score (nSPS) is 11.3. The number of nitrogens with one attached hydrogen (secondary N) is 1. The van der Waals surface area contributed by atoms with Crippen LogP contribution in [0.3, 0.4) is 0 Å². The van der Waals surface area contributed by atoms with Crippen LogP contribution in [0, 0.1) is 0 Å². The van der Waals surface area contributed by atoms with Gasteiger partial charge in [-0.3, -0.25) is 4.79 Å². The van der Waals surface area contributed by atoms with Crippen LogP contribution >= 0.6 is 0 Å². The van der Waals surface area contributed by atoms with E-state index in [1.807, 2.05) is 18.2 Å². The van der Waals surface area contributed by atoms with Crippen LogP contribution < -0.4 is 10.1 Å². The molecule has 1 aromatic heterocycles. The van der Waals surface area contributed by atoms with E-state index in [9.17, 15) is 9.59 Å². The van der Waals surface area contributed by atoms with Gasteiger partial charge in [0, 0.05) is 11.1 Å². The molecule has 3 aromatic carbocycles. The summed E-state index contributed by atoms with van der Waals surface area (Å²) in [4.78, 5) is 25.6. The summed E-state index contributed by atoms with van der Waals surface area (Å²) < 4.78 is 6.80. The minimum absolute atomic E-state index is 0.0161. The third-order valence-corrected chi connectivity index (χ3v) is 5.18. The van der Waals surface area contributed by atoms with Gasteiger partial charge in [0.2, 0.25) is 0 Å². The molecule has 0 saturated heterocycles. The second kappa shape index (κ2) is 8.34. The molecule has 1 amide bonds. The smallest absolute Gasteiger partial charge is 0.343 e. The van der Waals surface area contributed by atoms with Crippen molar-refractivity contribution in [3.8, 4) is 5.75 Å². The fourth-order valence-corrected chi connectivity index (χ4v) is 3.32. The van der Waals surface area contributed by atoms with E-state index >= 15 is 0 Å². The SMILES string of the molecule is [B]n1ncc2ccc(NC(=O)c3ccccc3OC(=O)c3ccc(C(C)(C)C)cc3)cc21. The number of hydrogen-bond donors (Lipinski definition) is 1. The molecular formula is C25H22BN3O3. The van der Waals surface area contributed by atoms with Gasteiger partial charge in [0.25, 0.3) is 13.9 Å². The van der Waals surface area contributed by atoms with Gasteiger partial charge in [-0.1, -0.05) is 45.0 Å². The van der Waals surface area contributed by atoms with Gasteiger partial charge in [-0.15, -0.1) is 0 Å². The minimum Gasteiger partial charge on any atom is -0.422 e. The maximum absolute atomic E-state index is 12.9. The number of benzene rings is 3. The van der Waals surface area contributed by atoms with E-state index in [1.54, 1.807) is 54.7 Å². The third-order valence-electron chi connectivity index (χ3n) is 5.18. The van der Waals surface area contributed by atoms with Crippen molar-refractivity contribution < 1.29 is 14.3 Å². The number of para-hydroxylation sites is 1. The Morgan fingerprint density at radius 1 is 1.00 bits per heavy atom. The number of fused-ring (bicyclic) bond motifs is 1. The fourth-order valence-electron chi connectivity index (χ4n) is 3.32. The average Bonchev–Trinajstić information content (AvgIpc) is 3.14. The van der Waals surface area contributed by atoms with Gasteiger partial charge in [0.15, 0.2) is 0 Å². The largest absolute Gasteiger partial charge is 0.422 e. The Hall–Kier alpha value is -3.87. The van der Waals surface area contributed by atoms with Crippen molar-refractivity contribution in [3.63, 3.8) is 0 Å². The minimum atomic E-state index is -0.529. The molecule has 4 aromatic rings. The number of amides is 1. The van der Waals surface area contributed by atoms with Crippen molar-refractivity contribution in [2.45, 2.75) is 26.2 Å². The lowest BCUT2D eigenvalue weighted by molar-refractivity contribution is 0.0733. The summed E-state index contributed by atoms with van der Waals surface area (Å²) in [6.45, 7) is 6.32. The average molecular weight is 423 g/mol. The molecule has 158 valence electrons. The molecule has 1 N–H and O–H groups in total. The van der Waals surface area contributed by atoms with Gasteiger partial charge in [-0.05, 0) is 53.4 Å². The fraction of sp³-hybridized carbons (Fsp3) is 0.160. The number of esters is 1. The Kier molecular flexibility index (Phi) is 5.57. The first-order valence-electron chi connectivity index (χ1n) is 10.2. The predicted octanol–water partition coefficient (Wildman–Crippen LogP) is 4.74. The van der Waals surface area contributed by atoms with Crippen molar-refractivity contribution in [3.05, 3.63) is 89.6 Å². The van der Waals surface area contributed by atoms with Crippen LogP contribution in [0.4, 0.5) is 5.69 Å². The van der Waals surface area contributed by atoms with Crippen molar-refractivity contribution in [1.82, 2.24) is 9.69 Å². The second-order valence-electron chi connectivity index (χ2n) is 8.53. The number of nitrogens with zero attached hydrogens (tertiary/aromatic N) is 2. The lowest BCUT2D eigenvalue weighted by atomic mass is 9.87. The highest BCUT2D eigenvalue weighted by atomic mass is 16.5. The van der Waals surface area contributed by atoms with Crippen molar-refractivity contribution in [2.75, 3.05) is 5.32 Å². The lowest BCUT2D eigenvalue weighted by Gasteiger charge is -2.19. The van der Waals surface area contributed by atoms with Crippen molar-refractivity contribution in [2.24, 2.45) is 0 Å². The van der Waals surface area contributed by atoms with E-state index in [1.165, 1.54) is 4.59 Å². The predicted molar refractivity (Wildman–Crippen MR) is 125 cm³/mol. The number of carbonyl (C=O) groups is 2. The summed E-state index contributed by atoms with van der Waals surface area (Å²) in [5, 5.41) is 7.67. The second-order valence-corrected chi connectivity index (χ2v) is 8.53. The molecule has 0 atom stereocenters. The van der Waals surface area contributed by atoms with Gasteiger partial charge in [-0.2, -0.15) is 5.10 Å². The van der Waals surface area contributed by atoms with Crippen molar-refractivity contribution in [1.29, 1.82) is 0 Å². The quantitative estimate of drug-likeness (QED) is 0.293. The number of ether oxygens (including phenoxy) is 1. The highest BCUT2D eigenvalue weighted by Crippen LogP contribution is 2.25. The van der Waals surface area contributed by atoms with E-state index < -0.39 is 11.9 Å². The molecule has 6 nitrogen and oxygen atoms in total. The first kappa shape index (κ1) is 21.4.